The van der Waals surface area contributed by atoms with Gasteiger partial charge in [0.05, 0.1) is 5.92 Å². The molecular formula is C23H25NO4. The summed E-state index contributed by atoms with van der Waals surface area (Å²) in [6.07, 6.45) is 0.101. The van der Waals surface area contributed by atoms with Crippen molar-refractivity contribution in [3.05, 3.63) is 64.2 Å². The fourth-order valence-corrected chi connectivity index (χ4v) is 3.26. The largest absolute Gasteiger partial charge is 0.457 e. The van der Waals surface area contributed by atoms with Crippen molar-refractivity contribution in [1.29, 1.82) is 0 Å². The Kier molecular flexibility index (Phi) is 5.63. The van der Waals surface area contributed by atoms with Crippen LogP contribution in [0.2, 0.25) is 0 Å². The number of esters is 1. The first kappa shape index (κ1) is 19.8. The molecule has 5 nitrogen and oxygen atoms in total. The summed E-state index contributed by atoms with van der Waals surface area (Å²) in [5.41, 5.74) is 5.67. The van der Waals surface area contributed by atoms with E-state index in [4.69, 9.17) is 4.74 Å². The Labute approximate surface area is 165 Å². The highest BCUT2D eigenvalue weighted by atomic mass is 16.5. The zero-order chi connectivity index (χ0) is 20.4. The zero-order valence-electron chi connectivity index (χ0n) is 16.7. The summed E-state index contributed by atoms with van der Waals surface area (Å²) >= 11 is 0. The molecule has 1 aliphatic heterocycles. The van der Waals surface area contributed by atoms with E-state index in [9.17, 15) is 14.4 Å². The molecule has 3 rings (SSSR count). The number of rotatable bonds is 5. The van der Waals surface area contributed by atoms with E-state index < -0.39 is 11.9 Å². The fraction of sp³-hybridized carbons (Fsp3) is 0.348. The number of hydrogen-bond donors (Lipinski definition) is 0. The van der Waals surface area contributed by atoms with Crippen LogP contribution in [0.5, 0.6) is 0 Å². The summed E-state index contributed by atoms with van der Waals surface area (Å²) < 4.78 is 5.22. The van der Waals surface area contributed by atoms with Gasteiger partial charge in [0, 0.05) is 24.2 Å². The standard InChI is InChI=1S/C23H25NO4/c1-14-5-7-18(9-16(14)3)21(25)13-28-23(27)19-11-22(26)24(12-19)20-8-6-15(2)17(4)10-20/h5-10,19H,11-13H2,1-4H3/t19-/m1/s1. The van der Waals surface area contributed by atoms with E-state index in [-0.39, 0.29) is 31.3 Å². The van der Waals surface area contributed by atoms with Crippen LogP contribution >= 0.6 is 0 Å². The Hall–Kier alpha value is -2.95. The van der Waals surface area contributed by atoms with Crippen LogP contribution < -0.4 is 4.90 Å². The molecule has 1 fully saturated rings. The van der Waals surface area contributed by atoms with Crippen molar-refractivity contribution in [2.75, 3.05) is 18.1 Å². The molecule has 1 heterocycles. The molecule has 0 aromatic heterocycles. The predicted octanol–water partition coefficient (Wildman–Crippen LogP) is 3.70. The molecule has 1 aliphatic rings. The van der Waals surface area contributed by atoms with Gasteiger partial charge in [0.25, 0.3) is 0 Å². The molecule has 0 radical (unpaired) electrons. The maximum absolute atomic E-state index is 12.4. The molecule has 1 atom stereocenters. The van der Waals surface area contributed by atoms with Gasteiger partial charge in [-0.25, -0.2) is 0 Å². The van der Waals surface area contributed by atoms with Gasteiger partial charge in [0.1, 0.15) is 0 Å². The molecule has 0 bridgehead atoms. The van der Waals surface area contributed by atoms with Crippen molar-refractivity contribution in [1.82, 2.24) is 0 Å². The smallest absolute Gasteiger partial charge is 0.311 e. The van der Waals surface area contributed by atoms with Crippen LogP contribution in [0.25, 0.3) is 0 Å². The van der Waals surface area contributed by atoms with E-state index in [0.717, 1.165) is 27.9 Å². The van der Waals surface area contributed by atoms with E-state index in [0.29, 0.717) is 5.56 Å². The zero-order valence-corrected chi connectivity index (χ0v) is 16.7. The topological polar surface area (TPSA) is 63.7 Å². The van der Waals surface area contributed by atoms with Gasteiger partial charge in [-0.2, -0.15) is 0 Å². The van der Waals surface area contributed by atoms with E-state index in [2.05, 4.69) is 0 Å². The number of benzene rings is 2. The monoisotopic (exact) mass is 379 g/mol. The van der Waals surface area contributed by atoms with Gasteiger partial charge in [0.2, 0.25) is 5.91 Å². The Bertz CT molecular complexity index is 948. The van der Waals surface area contributed by atoms with Gasteiger partial charge in [-0.05, 0) is 68.1 Å². The number of ether oxygens (including phenoxy) is 1. The third-order valence-electron chi connectivity index (χ3n) is 5.43. The van der Waals surface area contributed by atoms with Gasteiger partial charge >= 0.3 is 5.97 Å². The molecule has 0 spiro atoms. The highest BCUT2D eigenvalue weighted by Crippen LogP contribution is 2.27. The lowest BCUT2D eigenvalue weighted by molar-refractivity contribution is -0.147. The summed E-state index contributed by atoms with van der Waals surface area (Å²) in [5, 5.41) is 0. The number of carbonyl (C=O) groups excluding carboxylic acids is 3. The lowest BCUT2D eigenvalue weighted by Gasteiger charge is -2.17. The number of Topliss-reactive ketones (excluding diaryl/α,β-unsaturated/α-hetero) is 1. The van der Waals surface area contributed by atoms with Crippen LogP contribution in [0.3, 0.4) is 0 Å². The normalized spacial score (nSPS) is 16.4. The van der Waals surface area contributed by atoms with Crippen molar-refractivity contribution in [2.45, 2.75) is 34.1 Å². The molecule has 2 aromatic carbocycles. The lowest BCUT2D eigenvalue weighted by atomic mass is 10.0. The van der Waals surface area contributed by atoms with Gasteiger partial charge in [-0.1, -0.05) is 18.2 Å². The van der Waals surface area contributed by atoms with Crippen LogP contribution in [-0.2, 0) is 14.3 Å². The Morgan fingerprint density at radius 3 is 2.25 bits per heavy atom. The molecule has 1 saturated heterocycles. The molecule has 0 unspecified atom stereocenters. The van der Waals surface area contributed by atoms with Gasteiger partial charge in [0.15, 0.2) is 12.4 Å². The van der Waals surface area contributed by atoms with Crippen LogP contribution in [0.4, 0.5) is 5.69 Å². The third-order valence-corrected chi connectivity index (χ3v) is 5.43. The van der Waals surface area contributed by atoms with Crippen molar-refractivity contribution in [2.24, 2.45) is 5.92 Å². The highest BCUT2D eigenvalue weighted by Gasteiger charge is 2.36. The molecule has 5 heteroatoms. The molecule has 28 heavy (non-hydrogen) atoms. The minimum atomic E-state index is -0.554. The number of aryl methyl sites for hydroxylation is 4. The molecule has 0 saturated carbocycles. The SMILES string of the molecule is Cc1ccc(C(=O)COC(=O)[C@@H]2CC(=O)N(c3ccc(C)c(C)c3)C2)cc1C. The predicted molar refractivity (Wildman–Crippen MR) is 108 cm³/mol. The van der Waals surface area contributed by atoms with E-state index in [1.165, 1.54) is 0 Å². The Morgan fingerprint density at radius 1 is 0.964 bits per heavy atom. The van der Waals surface area contributed by atoms with Gasteiger partial charge in [-0.3, -0.25) is 14.4 Å². The van der Waals surface area contributed by atoms with Crippen molar-refractivity contribution in [3.8, 4) is 0 Å². The van der Waals surface area contributed by atoms with Crippen molar-refractivity contribution in [3.63, 3.8) is 0 Å². The van der Waals surface area contributed by atoms with Gasteiger partial charge < -0.3 is 9.64 Å². The Morgan fingerprint density at radius 2 is 1.61 bits per heavy atom. The van der Waals surface area contributed by atoms with Crippen LogP contribution in [0, 0.1) is 33.6 Å². The number of carbonyl (C=O) groups is 3. The first-order chi connectivity index (χ1) is 13.3. The summed E-state index contributed by atoms with van der Waals surface area (Å²) in [6, 6.07) is 11.2. The maximum Gasteiger partial charge on any atom is 0.311 e. The third kappa shape index (κ3) is 4.14. The maximum atomic E-state index is 12.4. The quantitative estimate of drug-likeness (QED) is 0.587. The van der Waals surface area contributed by atoms with Crippen LogP contribution in [0.1, 0.15) is 39.0 Å². The number of nitrogens with zero attached hydrogens (tertiary/aromatic N) is 1. The van der Waals surface area contributed by atoms with E-state index >= 15 is 0 Å². The summed E-state index contributed by atoms with van der Waals surface area (Å²) in [7, 11) is 0. The van der Waals surface area contributed by atoms with Crippen LogP contribution in [-0.4, -0.2) is 30.8 Å². The number of amides is 1. The minimum absolute atomic E-state index is 0.101. The number of anilines is 1. The number of ketones is 1. The van der Waals surface area contributed by atoms with Crippen LogP contribution in [0.15, 0.2) is 36.4 Å². The molecule has 1 amide bonds. The van der Waals surface area contributed by atoms with Crippen molar-refractivity contribution < 1.29 is 19.1 Å². The minimum Gasteiger partial charge on any atom is -0.457 e. The average molecular weight is 379 g/mol. The molecule has 0 aliphatic carbocycles. The average Bonchev–Trinajstić information content (AvgIpc) is 3.05. The Balaban J connectivity index is 1.60. The second-order valence-corrected chi connectivity index (χ2v) is 7.50. The first-order valence-corrected chi connectivity index (χ1v) is 9.41. The molecular weight excluding hydrogens is 354 g/mol. The number of hydrogen-bond acceptors (Lipinski definition) is 4. The summed E-state index contributed by atoms with van der Waals surface area (Å²) in [4.78, 5) is 38.7. The highest BCUT2D eigenvalue weighted by molar-refractivity contribution is 6.01. The second-order valence-electron chi connectivity index (χ2n) is 7.50. The van der Waals surface area contributed by atoms with Gasteiger partial charge in [-0.15, -0.1) is 0 Å². The van der Waals surface area contributed by atoms with E-state index in [1.54, 1.807) is 17.0 Å². The molecule has 146 valence electrons. The first-order valence-electron chi connectivity index (χ1n) is 9.41. The molecule has 0 N–H and O–H groups in total. The van der Waals surface area contributed by atoms with E-state index in [1.807, 2.05) is 52.0 Å². The summed E-state index contributed by atoms with van der Waals surface area (Å²) in [5.74, 6) is -1.41. The lowest BCUT2D eigenvalue weighted by Crippen LogP contribution is -2.27. The van der Waals surface area contributed by atoms with Crippen molar-refractivity contribution >= 4 is 23.3 Å². The second kappa shape index (κ2) is 7.97. The molecule has 2 aromatic rings. The summed E-state index contributed by atoms with van der Waals surface area (Å²) in [6.45, 7) is 7.88. The fourth-order valence-electron chi connectivity index (χ4n) is 3.26.